The van der Waals surface area contributed by atoms with E-state index in [-0.39, 0.29) is 5.84 Å². The number of oxime groups is 1. The van der Waals surface area contributed by atoms with Crippen molar-refractivity contribution in [1.82, 2.24) is 4.90 Å². The minimum Gasteiger partial charge on any atom is -0.496 e. The Labute approximate surface area is 108 Å². The van der Waals surface area contributed by atoms with Gasteiger partial charge in [0.05, 0.1) is 12.7 Å². The SMILES string of the molecule is CCCN(C)Cc1ccc(OC)c(/C(N)=N/O)c1. The van der Waals surface area contributed by atoms with Crippen molar-refractivity contribution in [2.45, 2.75) is 19.9 Å². The Bertz CT molecular complexity index is 419. The predicted molar refractivity (Wildman–Crippen MR) is 72.1 cm³/mol. The molecule has 0 saturated carbocycles. The van der Waals surface area contributed by atoms with Gasteiger partial charge in [-0.2, -0.15) is 0 Å². The average molecular weight is 251 g/mol. The van der Waals surface area contributed by atoms with E-state index in [0.29, 0.717) is 11.3 Å². The van der Waals surface area contributed by atoms with E-state index in [1.807, 2.05) is 18.2 Å². The molecule has 0 aromatic heterocycles. The van der Waals surface area contributed by atoms with Gasteiger partial charge >= 0.3 is 0 Å². The molecule has 0 unspecified atom stereocenters. The Balaban J connectivity index is 2.96. The fourth-order valence-corrected chi connectivity index (χ4v) is 1.88. The molecule has 5 heteroatoms. The largest absolute Gasteiger partial charge is 0.496 e. The van der Waals surface area contributed by atoms with Crippen molar-refractivity contribution in [3.8, 4) is 5.75 Å². The smallest absolute Gasteiger partial charge is 0.173 e. The molecule has 0 bridgehead atoms. The van der Waals surface area contributed by atoms with Crippen LogP contribution in [-0.2, 0) is 6.54 Å². The van der Waals surface area contributed by atoms with Crippen molar-refractivity contribution in [2.24, 2.45) is 10.9 Å². The molecule has 1 rings (SSSR count). The van der Waals surface area contributed by atoms with Gasteiger partial charge in [-0.1, -0.05) is 18.1 Å². The van der Waals surface area contributed by atoms with Crippen LogP contribution in [0.5, 0.6) is 5.75 Å². The average Bonchev–Trinajstić information content (AvgIpc) is 2.38. The van der Waals surface area contributed by atoms with Crippen LogP contribution in [0.15, 0.2) is 23.4 Å². The summed E-state index contributed by atoms with van der Waals surface area (Å²) in [4.78, 5) is 2.22. The number of benzene rings is 1. The second-order valence-electron chi connectivity index (χ2n) is 4.26. The number of nitrogens with two attached hydrogens (primary N) is 1. The van der Waals surface area contributed by atoms with Crippen LogP contribution in [0.1, 0.15) is 24.5 Å². The summed E-state index contributed by atoms with van der Waals surface area (Å²) < 4.78 is 5.19. The molecule has 0 saturated heterocycles. The fraction of sp³-hybridized carbons (Fsp3) is 0.462. The summed E-state index contributed by atoms with van der Waals surface area (Å²) in [6, 6.07) is 5.71. The number of ether oxygens (including phenoxy) is 1. The quantitative estimate of drug-likeness (QED) is 0.349. The second kappa shape index (κ2) is 6.86. The molecule has 5 nitrogen and oxygen atoms in total. The van der Waals surface area contributed by atoms with Crippen molar-refractivity contribution < 1.29 is 9.94 Å². The lowest BCUT2D eigenvalue weighted by molar-refractivity contribution is 0.318. The first kappa shape index (κ1) is 14.3. The minimum absolute atomic E-state index is 0.0619. The molecule has 3 N–H and O–H groups in total. The molecule has 0 heterocycles. The molecule has 1 aromatic rings. The Morgan fingerprint density at radius 2 is 2.22 bits per heavy atom. The summed E-state index contributed by atoms with van der Waals surface area (Å²) in [5, 5.41) is 11.8. The van der Waals surface area contributed by atoms with Gasteiger partial charge in [-0.25, -0.2) is 0 Å². The lowest BCUT2D eigenvalue weighted by atomic mass is 10.1. The first-order chi connectivity index (χ1) is 8.62. The highest BCUT2D eigenvalue weighted by atomic mass is 16.5. The number of rotatable bonds is 6. The summed E-state index contributed by atoms with van der Waals surface area (Å²) >= 11 is 0. The van der Waals surface area contributed by atoms with Crippen LogP contribution >= 0.6 is 0 Å². The maximum Gasteiger partial charge on any atom is 0.173 e. The summed E-state index contributed by atoms with van der Waals surface area (Å²) in [5.41, 5.74) is 7.35. The molecule has 100 valence electrons. The highest BCUT2D eigenvalue weighted by molar-refractivity contribution is 5.99. The number of nitrogens with zero attached hydrogens (tertiary/aromatic N) is 2. The Morgan fingerprint density at radius 3 is 2.78 bits per heavy atom. The van der Waals surface area contributed by atoms with Gasteiger partial charge in [-0.15, -0.1) is 0 Å². The highest BCUT2D eigenvalue weighted by Gasteiger charge is 2.09. The maximum atomic E-state index is 8.76. The predicted octanol–water partition coefficient (Wildman–Crippen LogP) is 1.63. The van der Waals surface area contributed by atoms with E-state index < -0.39 is 0 Å². The van der Waals surface area contributed by atoms with Crippen LogP contribution in [0.25, 0.3) is 0 Å². The number of amidine groups is 1. The van der Waals surface area contributed by atoms with E-state index in [1.165, 1.54) is 0 Å². The molecule has 0 aliphatic carbocycles. The zero-order valence-corrected chi connectivity index (χ0v) is 11.2. The van der Waals surface area contributed by atoms with Gasteiger partial charge in [-0.3, -0.25) is 0 Å². The normalized spacial score (nSPS) is 11.9. The lowest BCUT2D eigenvalue weighted by Gasteiger charge is -2.16. The van der Waals surface area contributed by atoms with Gasteiger partial charge < -0.3 is 20.6 Å². The van der Waals surface area contributed by atoms with Gasteiger partial charge in [0.15, 0.2) is 5.84 Å². The fourth-order valence-electron chi connectivity index (χ4n) is 1.88. The van der Waals surface area contributed by atoms with Crippen LogP contribution in [0.3, 0.4) is 0 Å². The number of hydrogen-bond acceptors (Lipinski definition) is 4. The zero-order valence-electron chi connectivity index (χ0n) is 11.2. The van der Waals surface area contributed by atoms with Gasteiger partial charge in [0.1, 0.15) is 5.75 Å². The van der Waals surface area contributed by atoms with Crippen molar-refractivity contribution in [2.75, 3.05) is 20.7 Å². The van der Waals surface area contributed by atoms with Crippen LogP contribution in [0.4, 0.5) is 0 Å². The van der Waals surface area contributed by atoms with Crippen LogP contribution in [0.2, 0.25) is 0 Å². The molecular weight excluding hydrogens is 230 g/mol. The lowest BCUT2D eigenvalue weighted by Crippen LogP contribution is -2.19. The summed E-state index contributed by atoms with van der Waals surface area (Å²) in [6.45, 7) is 4.00. The highest BCUT2D eigenvalue weighted by Crippen LogP contribution is 2.20. The van der Waals surface area contributed by atoms with Gasteiger partial charge in [0.2, 0.25) is 0 Å². The van der Waals surface area contributed by atoms with E-state index in [0.717, 1.165) is 25.1 Å². The Hall–Kier alpha value is -1.75. The van der Waals surface area contributed by atoms with E-state index in [9.17, 15) is 0 Å². The molecule has 0 amide bonds. The second-order valence-corrected chi connectivity index (χ2v) is 4.26. The molecule has 0 fully saturated rings. The molecule has 0 radical (unpaired) electrons. The number of hydrogen-bond donors (Lipinski definition) is 2. The standard InChI is InChI=1S/C13H21N3O2/c1-4-7-16(2)9-10-5-6-12(18-3)11(8-10)13(14)15-17/h5-6,8,17H,4,7,9H2,1-3H3,(H2,14,15). The van der Waals surface area contributed by atoms with Crippen molar-refractivity contribution >= 4 is 5.84 Å². The molecule has 0 aliphatic heterocycles. The minimum atomic E-state index is 0.0619. The molecule has 0 aliphatic rings. The molecular formula is C13H21N3O2. The number of methoxy groups -OCH3 is 1. The van der Waals surface area contributed by atoms with Gasteiger partial charge in [0, 0.05) is 6.54 Å². The van der Waals surface area contributed by atoms with Crippen molar-refractivity contribution in [3.63, 3.8) is 0 Å². The van der Waals surface area contributed by atoms with E-state index in [4.69, 9.17) is 15.7 Å². The van der Waals surface area contributed by atoms with Gasteiger partial charge in [-0.05, 0) is 37.7 Å². The first-order valence-electron chi connectivity index (χ1n) is 5.95. The summed E-state index contributed by atoms with van der Waals surface area (Å²) in [5.74, 6) is 0.666. The summed E-state index contributed by atoms with van der Waals surface area (Å²) in [7, 11) is 3.63. The monoisotopic (exact) mass is 251 g/mol. The van der Waals surface area contributed by atoms with E-state index >= 15 is 0 Å². The first-order valence-corrected chi connectivity index (χ1v) is 5.95. The van der Waals surface area contributed by atoms with Gasteiger partial charge in [0.25, 0.3) is 0 Å². The van der Waals surface area contributed by atoms with Crippen LogP contribution in [-0.4, -0.2) is 36.6 Å². The van der Waals surface area contributed by atoms with E-state index in [2.05, 4.69) is 24.0 Å². The third kappa shape index (κ3) is 3.63. The molecule has 18 heavy (non-hydrogen) atoms. The molecule has 0 spiro atoms. The topological polar surface area (TPSA) is 71.1 Å². The van der Waals surface area contributed by atoms with Crippen molar-refractivity contribution in [1.29, 1.82) is 0 Å². The molecule has 0 atom stereocenters. The van der Waals surface area contributed by atoms with Crippen LogP contribution < -0.4 is 10.5 Å². The van der Waals surface area contributed by atoms with Crippen LogP contribution in [0, 0.1) is 0 Å². The Morgan fingerprint density at radius 1 is 1.50 bits per heavy atom. The van der Waals surface area contributed by atoms with E-state index in [1.54, 1.807) is 7.11 Å². The van der Waals surface area contributed by atoms with Crippen molar-refractivity contribution in [3.05, 3.63) is 29.3 Å². The third-order valence-electron chi connectivity index (χ3n) is 2.71. The Kier molecular flexibility index (Phi) is 5.45. The maximum absolute atomic E-state index is 8.76. The molecule has 1 aromatic carbocycles. The zero-order chi connectivity index (χ0) is 13.5. The third-order valence-corrected chi connectivity index (χ3v) is 2.71. The summed E-state index contributed by atoms with van der Waals surface area (Å²) in [6.07, 6.45) is 1.11.